The third-order valence-electron chi connectivity index (χ3n) is 3.25. The van der Waals surface area contributed by atoms with E-state index in [-0.39, 0.29) is 6.61 Å². The summed E-state index contributed by atoms with van der Waals surface area (Å²) >= 11 is 0. The Morgan fingerprint density at radius 1 is 0.727 bits per heavy atom. The van der Waals surface area contributed by atoms with E-state index in [0.717, 1.165) is 0 Å². The molecule has 0 amide bonds. The van der Waals surface area contributed by atoms with E-state index in [9.17, 15) is 0 Å². The molecule has 0 bridgehead atoms. The van der Waals surface area contributed by atoms with E-state index in [4.69, 9.17) is 40.9 Å². The molecule has 0 spiro atoms. The number of nitrogens with two attached hydrogens (primary N) is 3. The molecule has 9 N–H and O–H groups in total. The largest absolute Gasteiger partial charge is 0.380 e. The lowest BCUT2D eigenvalue weighted by atomic mass is 10.1. The average Bonchev–Trinajstić information content (AvgIpc) is 2.38. The minimum absolute atomic E-state index is 0.0485. The maximum Gasteiger partial charge on any atom is 0.203 e. The van der Waals surface area contributed by atoms with E-state index < -0.39 is 29.9 Å². The van der Waals surface area contributed by atoms with Gasteiger partial charge in [-0.1, -0.05) is 0 Å². The van der Waals surface area contributed by atoms with Crippen molar-refractivity contribution in [2.24, 2.45) is 17.2 Å². The first kappa shape index (κ1) is 19.6. The lowest BCUT2D eigenvalue weighted by Crippen LogP contribution is -2.97. The Morgan fingerprint density at radius 2 is 1.09 bits per heavy atom. The highest BCUT2D eigenvalue weighted by molar-refractivity contribution is 5.05. The highest BCUT2D eigenvalue weighted by Gasteiger charge is 2.56. The fourth-order valence-corrected chi connectivity index (χ4v) is 2.65. The Bertz CT molecular complexity index is 330. The van der Waals surface area contributed by atoms with Gasteiger partial charge in [-0.05, 0) is 0 Å². The molecule has 11 nitrogen and oxygen atoms in total. The molecule has 0 aromatic rings. The molecule has 1 aliphatic heterocycles. The second-order valence-corrected chi connectivity index (χ2v) is 5.12. The summed E-state index contributed by atoms with van der Waals surface area (Å²) in [5, 5.41) is 8.79. The van der Waals surface area contributed by atoms with Crippen LogP contribution in [0.5, 0.6) is 0 Å². The molecule has 2 unspecified atom stereocenters. The Hall–Kier alpha value is -0.440. The van der Waals surface area contributed by atoms with Crippen LogP contribution >= 0.6 is 0 Å². The zero-order valence-electron chi connectivity index (χ0n) is 13.6. The smallest absolute Gasteiger partial charge is 0.203 e. The zero-order valence-corrected chi connectivity index (χ0v) is 13.6. The molecule has 1 saturated heterocycles. The molecule has 2 atom stereocenters. The predicted octanol–water partition coefficient (Wildman–Crippen LogP) is -3.51. The summed E-state index contributed by atoms with van der Waals surface area (Å²) in [6.07, 6.45) is -1.82. The van der Waals surface area contributed by atoms with Crippen LogP contribution in [0.15, 0.2) is 0 Å². The van der Waals surface area contributed by atoms with Crippen LogP contribution in [0.1, 0.15) is 0 Å². The fourth-order valence-electron chi connectivity index (χ4n) is 2.65. The second kappa shape index (κ2) is 7.42. The highest BCUT2D eigenvalue weighted by Crippen LogP contribution is 2.20. The third kappa shape index (κ3) is 3.90. The minimum Gasteiger partial charge on any atom is -0.380 e. The number of hydrogen-bond acceptors (Lipinski definition) is 11. The van der Waals surface area contributed by atoms with Crippen molar-refractivity contribution < 1.29 is 23.7 Å². The monoisotopic (exact) mass is 324 g/mol. The first-order chi connectivity index (χ1) is 10.2. The van der Waals surface area contributed by atoms with Gasteiger partial charge < -0.3 is 23.7 Å². The number of nitrogens with one attached hydrogen (secondary N) is 3. The summed E-state index contributed by atoms with van der Waals surface area (Å²) in [5.41, 5.74) is 18.9. The van der Waals surface area contributed by atoms with Crippen LogP contribution in [0.3, 0.4) is 0 Å². The number of rotatable bonds is 8. The summed E-state index contributed by atoms with van der Waals surface area (Å²) in [6, 6.07) is 0. The van der Waals surface area contributed by atoms with Gasteiger partial charge in [-0.3, -0.25) is 17.2 Å². The van der Waals surface area contributed by atoms with Crippen LogP contribution in [-0.4, -0.2) is 72.1 Å². The Labute approximate surface area is 130 Å². The van der Waals surface area contributed by atoms with Crippen LogP contribution in [0.4, 0.5) is 0 Å². The van der Waals surface area contributed by atoms with Gasteiger partial charge in [0.25, 0.3) is 0 Å². The topological polar surface area (TPSA) is 160 Å². The molecule has 11 heteroatoms. The minimum atomic E-state index is -1.45. The quantitative estimate of drug-likeness (QED) is 0.246. The zero-order chi connectivity index (χ0) is 17.0. The maximum absolute atomic E-state index is 6.31. The highest BCUT2D eigenvalue weighted by atomic mass is 16.7. The van der Waals surface area contributed by atoms with Crippen molar-refractivity contribution in [3.63, 3.8) is 0 Å². The summed E-state index contributed by atoms with van der Waals surface area (Å²) < 4.78 is 26.0. The van der Waals surface area contributed by atoms with Gasteiger partial charge >= 0.3 is 0 Å². The van der Waals surface area contributed by atoms with E-state index in [1.165, 1.54) is 35.5 Å². The molecule has 22 heavy (non-hydrogen) atoms. The molecule has 0 aromatic heterocycles. The Morgan fingerprint density at radius 3 is 1.36 bits per heavy atom. The first-order valence-corrected chi connectivity index (χ1v) is 6.57. The molecule has 0 aliphatic carbocycles. The van der Waals surface area contributed by atoms with Gasteiger partial charge in [-0.15, -0.1) is 0 Å². The van der Waals surface area contributed by atoms with Crippen molar-refractivity contribution in [2.75, 3.05) is 42.2 Å². The van der Waals surface area contributed by atoms with Gasteiger partial charge in [0, 0.05) is 35.5 Å². The van der Waals surface area contributed by atoms with Gasteiger partial charge in [-0.25, -0.2) is 16.0 Å². The van der Waals surface area contributed by atoms with E-state index in [2.05, 4.69) is 16.0 Å². The normalized spacial score (nSPS) is 36.3. The Balaban J connectivity index is 3.20. The average molecular weight is 324 g/mol. The molecular formula is C11H28N6O5. The molecule has 0 aromatic carbocycles. The Kier molecular flexibility index (Phi) is 6.61. The summed E-state index contributed by atoms with van der Waals surface area (Å²) in [4.78, 5) is 0. The van der Waals surface area contributed by atoms with Crippen molar-refractivity contribution in [3.8, 4) is 0 Å². The number of hydrogen-bond donors (Lipinski definition) is 6. The van der Waals surface area contributed by atoms with Crippen LogP contribution in [0, 0.1) is 0 Å². The molecule has 1 heterocycles. The van der Waals surface area contributed by atoms with E-state index in [0.29, 0.717) is 0 Å². The molecular weight excluding hydrogens is 296 g/mol. The SMILES string of the molecule is COCC1(N)NC(N)(C(OC)OC)NC(N)(C(OC)OC)N1. The maximum atomic E-state index is 6.31. The fraction of sp³-hybridized carbons (Fsp3) is 1.00. The molecule has 0 radical (unpaired) electrons. The third-order valence-corrected chi connectivity index (χ3v) is 3.25. The summed E-state index contributed by atoms with van der Waals surface area (Å²) in [6.45, 7) is 0.0485. The van der Waals surface area contributed by atoms with Gasteiger partial charge in [0.05, 0.1) is 6.61 Å². The van der Waals surface area contributed by atoms with E-state index in [1.807, 2.05) is 0 Å². The van der Waals surface area contributed by atoms with E-state index in [1.54, 1.807) is 0 Å². The second-order valence-electron chi connectivity index (χ2n) is 5.12. The van der Waals surface area contributed by atoms with Crippen molar-refractivity contribution in [1.82, 2.24) is 16.0 Å². The van der Waals surface area contributed by atoms with Crippen molar-refractivity contribution in [3.05, 3.63) is 0 Å². The molecule has 1 fully saturated rings. The van der Waals surface area contributed by atoms with Crippen LogP contribution in [0.2, 0.25) is 0 Å². The predicted molar refractivity (Wildman–Crippen MR) is 77.7 cm³/mol. The number of ether oxygens (including phenoxy) is 5. The van der Waals surface area contributed by atoms with Crippen molar-refractivity contribution in [2.45, 2.75) is 29.9 Å². The molecule has 0 saturated carbocycles. The molecule has 1 rings (SSSR count). The van der Waals surface area contributed by atoms with Gasteiger partial charge in [0.2, 0.25) is 12.6 Å². The van der Waals surface area contributed by atoms with Gasteiger partial charge in [0.15, 0.2) is 11.6 Å². The van der Waals surface area contributed by atoms with E-state index >= 15 is 0 Å². The van der Waals surface area contributed by atoms with Crippen LogP contribution < -0.4 is 33.2 Å². The lowest BCUT2D eigenvalue weighted by molar-refractivity contribution is -0.239. The van der Waals surface area contributed by atoms with Crippen LogP contribution in [0.25, 0.3) is 0 Å². The lowest BCUT2D eigenvalue weighted by Gasteiger charge is -2.56. The summed E-state index contributed by atoms with van der Waals surface area (Å²) in [5.74, 6) is -4.20. The van der Waals surface area contributed by atoms with Gasteiger partial charge in [-0.2, -0.15) is 0 Å². The standard InChI is InChI=1S/C11H28N6O5/c1-18-6-9(12)15-10(13,7(19-2)20-3)17-11(14,16-9)8(21-4)22-5/h7-8,15-17H,6,12-14H2,1-5H3. The van der Waals surface area contributed by atoms with Gasteiger partial charge in [0.1, 0.15) is 5.79 Å². The summed E-state index contributed by atoms with van der Waals surface area (Å²) in [7, 11) is 7.23. The van der Waals surface area contributed by atoms with Crippen molar-refractivity contribution >= 4 is 0 Å². The molecule has 1 aliphatic rings. The van der Waals surface area contributed by atoms with Crippen LogP contribution in [-0.2, 0) is 23.7 Å². The van der Waals surface area contributed by atoms with Crippen molar-refractivity contribution in [1.29, 1.82) is 0 Å². The number of methoxy groups -OCH3 is 5. The first-order valence-electron chi connectivity index (χ1n) is 6.57. The molecule has 132 valence electrons.